The molecule has 0 amide bonds. The first-order chi connectivity index (χ1) is 8.76. The Morgan fingerprint density at radius 2 is 2.00 bits per heavy atom. The van der Waals surface area contributed by atoms with E-state index in [9.17, 15) is 4.39 Å². The molecule has 0 radical (unpaired) electrons. The number of rotatable bonds is 8. The second-order valence-electron chi connectivity index (χ2n) is 3.59. The zero-order valence-corrected chi connectivity index (χ0v) is 10.3. The Kier molecular flexibility index (Phi) is 6.77. The molecule has 0 aromatic heterocycles. The minimum atomic E-state index is -0.481. The summed E-state index contributed by atoms with van der Waals surface area (Å²) in [6, 6.07) is 5.76. The first-order valence-electron chi connectivity index (χ1n) is 5.66. The van der Waals surface area contributed by atoms with E-state index in [1.54, 1.807) is 7.11 Å². The van der Waals surface area contributed by atoms with Crippen molar-refractivity contribution in [2.24, 2.45) is 0 Å². The van der Waals surface area contributed by atoms with Gasteiger partial charge in [-0.05, 0) is 18.6 Å². The third-order valence-electron chi connectivity index (χ3n) is 2.13. The van der Waals surface area contributed by atoms with E-state index < -0.39 is 5.82 Å². The van der Waals surface area contributed by atoms with Crippen molar-refractivity contribution in [2.45, 2.75) is 6.42 Å². The summed E-state index contributed by atoms with van der Waals surface area (Å²) >= 11 is 0. The summed E-state index contributed by atoms with van der Waals surface area (Å²) in [5, 5.41) is 8.67. The third-order valence-corrected chi connectivity index (χ3v) is 2.13. The van der Waals surface area contributed by atoms with Crippen LogP contribution >= 0.6 is 0 Å². The maximum Gasteiger partial charge on any atom is 0.128 e. The summed E-state index contributed by atoms with van der Waals surface area (Å²) in [5.74, 6) is -0.142. The van der Waals surface area contributed by atoms with Gasteiger partial charge in [0.15, 0.2) is 0 Å². The van der Waals surface area contributed by atoms with Crippen LogP contribution in [0.1, 0.15) is 12.0 Å². The Labute approximate surface area is 106 Å². The Balaban J connectivity index is 2.23. The lowest BCUT2D eigenvalue weighted by Crippen LogP contribution is -2.08. The molecule has 0 unspecified atom stereocenters. The minimum absolute atomic E-state index is 0.242. The minimum Gasteiger partial charge on any atom is -0.491 e. The van der Waals surface area contributed by atoms with E-state index in [1.807, 2.05) is 6.07 Å². The quantitative estimate of drug-likeness (QED) is 0.666. The SMILES string of the molecule is COCCCOCCOc1cc(F)cc(C#N)c1. The molecule has 0 saturated carbocycles. The molecule has 5 heteroatoms. The summed E-state index contributed by atoms with van der Waals surface area (Å²) in [7, 11) is 1.64. The van der Waals surface area contributed by atoms with Crippen molar-refractivity contribution < 1.29 is 18.6 Å². The number of nitrogens with zero attached hydrogens (tertiary/aromatic N) is 1. The van der Waals surface area contributed by atoms with Crippen LogP contribution in [-0.2, 0) is 9.47 Å². The molecule has 0 bridgehead atoms. The van der Waals surface area contributed by atoms with Crippen molar-refractivity contribution >= 4 is 0 Å². The fourth-order valence-electron chi connectivity index (χ4n) is 1.34. The largest absolute Gasteiger partial charge is 0.491 e. The molecule has 0 N–H and O–H groups in total. The number of benzene rings is 1. The molecule has 0 saturated heterocycles. The Morgan fingerprint density at radius 1 is 1.17 bits per heavy atom. The molecule has 0 aliphatic heterocycles. The van der Waals surface area contributed by atoms with Crippen LogP contribution in [0.5, 0.6) is 5.75 Å². The highest BCUT2D eigenvalue weighted by Gasteiger charge is 2.01. The summed E-state index contributed by atoms with van der Waals surface area (Å²) in [6.45, 7) is 2.00. The predicted octanol–water partition coefficient (Wildman–Crippen LogP) is 2.13. The van der Waals surface area contributed by atoms with Crippen LogP contribution in [0.4, 0.5) is 4.39 Å². The Bertz CT molecular complexity index is 404. The van der Waals surface area contributed by atoms with Crippen LogP contribution in [0.25, 0.3) is 0 Å². The highest BCUT2D eigenvalue weighted by Crippen LogP contribution is 2.15. The van der Waals surface area contributed by atoms with Crippen LogP contribution in [0.3, 0.4) is 0 Å². The monoisotopic (exact) mass is 253 g/mol. The molecule has 1 aromatic rings. The first-order valence-corrected chi connectivity index (χ1v) is 5.66. The Morgan fingerprint density at radius 3 is 2.72 bits per heavy atom. The van der Waals surface area contributed by atoms with E-state index >= 15 is 0 Å². The fraction of sp³-hybridized carbons (Fsp3) is 0.462. The standard InChI is InChI=1S/C13H16FNO3/c1-16-3-2-4-17-5-6-18-13-8-11(10-15)7-12(14)9-13/h7-9H,2-6H2,1H3. The zero-order chi connectivity index (χ0) is 13.2. The molecule has 0 aliphatic rings. The van der Waals surface area contributed by atoms with Gasteiger partial charge in [-0.2, -0.15) is 5.26 Å². The third kappa shape index (κ3) is 5.62. The van der Waals surface area contributed by atoms with Crippen molar-refractivity contribution in [3.05, 3.63) is 29.6 Å². The van der Waals surface area contributed by atoms with E-state index in [2.05, 4.69) is 0 Å². The van der Waals surface area contributed by atoms with Gasteiger partial charge in [0.1, 0.15) is 18.2 Å². The topological polar surface area (TPSA) is 51.5 Å². The normalized spacial score (nSPS) is 10.1. The van der Waals surface area contributed by atoms with Gasteiger partial charge in [0, 0.05) is 26.4 Å². The molecule has 98 valence electrons. The summed E-state index contributed by atoms with van der Waals surface area (Å²) < 4.78 is 28.5. The lowest BCUT2D eigenvalue weighted by Gasteiger charge is -2.07. The Hall–Kier alpha value is -1.64. The smallest absolute Gasteiger partial charge is 0.128 e. The fourth-order valence-corrected chi connectivity index (χ4v) is 1.34. The van der Waals surface area contributed by atoms with Crippen LogP contribution in [0.15, 0.2) is 18.2 Å². The van der Waals surface area contributed by atoms with Crippen LogP contribution < -0.4 is 4.74 Å². The van der Waals surface area contributed by atoms with Gasteiger partial charge in [0.05, 0.1) is 18.2 Å². The van der Waals surface area contributed by atoms with Crippen LogP contribution in [0, 0.1) is 17.1 Å². The van der Waals surface area contributed by atoms with E-state index in [1.165, 1.54) is 12.1 Å². The molecular formula is C13H16FNO3. The van der Waals surface area contributed by atoms with E-state index in [-0.39, 0.29) is 5.56 Å². The number of ether oxygens (including phenoxy) is 3. The molecule has 1 aromatic carbocycles. The lowest BCUT2D eigenvalue weighted by molar-refractivity contribution is 0.0805. The lowest BCUT2D eigenvalue weighted by atomic mass is 10.2. The summed E-state index contributed by atoms with van der Waals surface area (Å²) in [5.41, 5.74) is 0.242. The van der Waals surface area contributed by atoms with Gasteiger partial charge in [-0.25, -0.2) is 4.39 Å². The van der Waals surface area contributed by atoms with E-state index in [0.717, 1.165) is 12.5 Å². The number of hydrogen-bond donors (Lipinski definition) is 0. The molecule has 0 spiro atoms. The highest BCUT2D eigenvalue weighted by molar-refractivity contribution is 5.36. The molecule has 0 atom stereocenters. The van der Waals surface area contributed by atoms with Crippen LogP contribution in [-0.4, -0.2) is 33.5 Å². The van der Waals surface area contributed by atoms with Gasteiger partial charge in [-0.3, -0.25) is 0 Å². The molecular weight excluding hydrogens is 237 g/mol. The van der Waals surface area contributed by atoms with E-state index in [4.69, 9.17) is 19.5 Å². The first kappa shape index (κ1) is 14.4. The van der Waals surface area contributed by atoms with Crippen LogP contribution in [0.2, 0.25) is 0 Å². The second kappa shape index (κ2) is 8.45. The molecule has 0 aliphatic carbocycles. The van der Waals surface area contributed by atoms with Crippen molar-refractivity contribution in [3.63, 3.8) is 0 Å². The predicted molar refractivity (Wildman–Crippen MR) is 63.9 cm³/mol. The van der Waals surface area contributed by atoms with Gasteiger partial charge in [0.2, 0.25) is 0 Å². The zero-order valence-electron chi connectivity index (χ0n) is 10.3. The number of halogens is 1. The molecule has 1 rings (SSSR count). The maximum absolute atomic E-state index is 13.1. The molecule has 0 fully saturated rings. The van der Waals surface area contributed by atoms with Crippen molar-refractivity contribution in [2.75, 3.05) is 33.5 Å². The second-order valence-corrected chi connectivity index (χ2v) is 3.59. The van der Waals surface area contributed by atoms with Gasteiger partial charge < -0.3 is 14.2 Å². The highest BCUT2D eigenvalue weighted by atomic mass is 19.1. The van der Waals surface area contributed by atoms with Gasteiger partial charge in [-0.15, -0.1) is 0 Å². The summed E-state index contributed by atoms with van der Waals surface area (Å²) in [6.07, 6.45) is 0.828. The van der Waals surface area contributed by atoms with E-state index in [0.29, 0.717) is 32.2 Å². The van der Waals surface area contributed by atoms with Gasteiger partial charge in [0.25, 0.3) is 0 Å². The van der Waals surface area contributed by atoms with Gasteiger partial charge >= 0.3 is 0 Å². The van der Waals surface area contributed by atoms with Crippen molar-refractivity contribution in [3.8, 4) is 11.8 Å². The molecule has 4 nitrogen and oxygen atoms in total. The number of nitriles is 1. The average molecular weight is 253 g/mol. The average Bonchev–Trinajstić information content (AvgIpc) is 2.37. The molecule has 0 heterocycles. The number of hydrogen-bond acceptors (Lipinski definition) is 4. The van der Waals surface area contributed by atoms with Gasteiger partial charge in [-0.1, -0.05) is 0 Å². The van der Waals surface area contributed by atoms with Crippen molar-refractivity contribution in [1.82, 2.24) is 0 Å². The number of methoxy groups -OCH3 is 1. The summed E-state index contributed by atoms with van der Waals surface area (Å²) in [4.78, 5) is 0. The molecule has 18 heavy (non-hydrogen) atoms. The van der Waals surface area contributed by atoms with Crippen molar-refractivity contribution in [1.29, 1.82) is 5.26 Å². The maximum atomic E-state index is 13.1.